The van der Waals surface area contributed by atoms with Crippen molar-refractivity contribution in [3.05, 3.63) is 78.3 Å². The number of carbonyl (C=O) groups excluding carboxylic acids is 2. The van der Waals surface area contributed by atoms with Crippen molar-refractivity contribution in [2.24, 2.45) is 0 Å². The van der Waals surface area contributed by atoms with E-state index in [2.05, 4.69) is 25.3 Å². The van der Waals surface area contributed by atoms with Gasteiger partial charge in [-0.1, -0.05) is 36.4 Å². The molecule has 11 heteroatoms. The third-order valence-corrected chi connectivity index (χ3v) is 7.94. The molecule has 2 aliphatic heterocycles. The molecule has 6 heterocycles. The van der Waals surface area contributed by atoms with E-state index >= 15 is 0 Å². The number of hydrogen-bond acceptors (Lipinski definition) is 8. The van der Waals surface area contributed by atoms with Gasteiger partial charge in [0.05, 0.1) is 23.1 Å². The van der Waals surface area contributed by atoms with E-state index in [1.807, 2.05) is 47.4 Å². The Hall–Kier alpha value is -4.93. The van der Waals surface area contributed by atoms with Crippen LogP contribution < -0.4 is 5.73 Å². The summed E-state index contributed by atoms with van der Waals surface area (Å²) >= 11 is 0. The standard InChI is InChI=1S/C28H25N9O2/c1-15(38)23-24(19-11-18-8-10-22(19)36(18)28(39)26-31-14-32-35-26)34-27-20(13-33-37(27)25(23)29)17-7-9-21(30-12-17)16-5-3-2-4-6-16/h2-7,9,12-14,18-19,22H,8,10-11,29H2,1H3,(H,31,32,35). The number of nitrogens with two attached hydrogens (primary N) is 1. The Morgan fingerprint density at radius 2 is 1.87 bits per heavy atom. The number of H-pyrrole nitrogens is 1. The predicted molar refractivity (Wildman–Crippen MR) is 143 cm³/mol. The minimum absolute atomic E-state index is 0.0316. The first-order valence-corrected chi connectivity index (χ1v) is 12.9. The molecule has 0 aliphatic carbocycles. The molecule has 11 nitrogen and oxygen atoms in total. The fourth-order valence-electron chi connectivity index (χ4n) is 6.22. The number of aromatic nitrogens is 7. The van der Waals surface area contributed by atoms with Crippen LogP contribution in [0.2, 0.25) is 0 Å². The van der Waals surface area contributed by atoms with Gasteiger partial charge in [-0.25, -0.2) is 9.97 Å². The van der Waals surface area contributed by atoms with Crippen LogP contribution in [0.4, 0.5) is 5.82 Å². The van der Waals surface area contributed by atoms with Crippen molar-refractivity contribution >= 4 is 23.2 Å². The second-order valence-electron chi connectivity index (χ2n) is 10.1. The van der Waals surface area contributed by atoms with E-state index in [9.17, 15) is 9.59 Å². The first-order valence-electron chi connectivity index (χ1n) is 12.9. The molecule has 1 aromatic carbocycles. The molecule has 1 amide bonds. The van der Waals surface area contributed by atoms with Crippen molar-refractivity contribution < 1.29 is 9.59 Å². The largest absolute Gasteiger partial charge is 0.383 e. The van der Waals surface area contributed by atoms with Gasteiger partial charge in [-0.3, -0.25) is 19.7 Å². The Balaban J connectivity index is 1.31. The summed E-state index contributed by atoms with van der Waals surface area (Å²) in [5, 5.41) is 11.1. The maximum absolute atomic E-state index is 13.2. The number of amides is 1. The number of rotatable bonds is 5. The van der Waals surface area contributed by atoms with E-state index in [1.165, 1.54) is 17.8 Å². The van der Waals surface area contributed by atoms with Crippen molar-refractivity contribution in [2.45, 2.75) is 44.2 Å². The van der Waals surface area contributed by atoms with Gasteiger partial charge < -0.3 is 10.6 Å². The molecule has 3 N–H and O–H groups in total. The smallest absolute Gasteiger partial charge is 0.294 e. The Morgan fingerprint density at radius 1 is 1.03 bits per heavy atom. The third-order valence-electron chi connectivity index (χ3n) is 7.94. The van der Waals surface area contributed by atoms with E-state index in [0.29, 0.717) is 23.3 Å². The highest BCUT2D eigenvalue weighted by Crippen LogP contribution is 2.48. The number of hydrogen-bond donors (Lipinski definition) is 2. The van der Waals surface area contributed by atoms with Crippen LogP contribution in [0.5, 0.6) is 0 Å². The number of carbonyl (C=O) groups is 2. The first-order chi connectivity index (χ1) is 19.0. The molecule has 7 rings (SSSR count). The molecule has 3 unspecified atom stereocenters. The summed E-state index contributed by atoms with van der Waals surface area (Å²) in [6, 6.07) is 13.8. The lowest BCUT2D eigenvalue weighted by molar-refractivity contribution is 0.0714. The highest BCUT2D eigenvalue weighted by molar-refractivity contribution is 6.00. The molecule has 0 radical (unpaired) electrons. The Bertz CT molecular complexity index is 1710. The molecule has 2 fully saturated rings. The quantitative estimate of drug-likeness (QED) is 0.335. The maximum Gasteiger partial charge on any atom is 0.294 e. The average Bonchev–Trinajstić information content (AvgIpc) is 3.77. The lowest BCUT2D eigenvalue weighted by atomic mass is 9.84. The number of fused-ring (bicyclic) bond motifs is 3. The molecule has 0 spiro atoms. The Morgan fingerprint density at radius 3 is 2.59 bits per heavy atom. The summed E-state index contributed by atoms with van der Waals surface area (Å²) in [5.74, 6) is -0.139. The molecule has 2 aliphatic rings. The minimum Gasteiger partial charge on any atom is -0.383 e. The zero-order valence-corrected chi connectivity index (χ0v) is 21.2. The molecule has 2 bridgehead atoms. The van der Waals surface area contributed by atoms with Crippen molar-refractivity contribution in [1.82, 2.24) is 39.7 Å². The van der Waals surface area contributed by atoms with Crippen LogP contribution >= 0.6 is 0 Å². The van der Waals surface area contributed by atoms with Gasteiger partial charge in [0.1, 0.15) is 12.1 Å². The zero-order chi connectivity index (χ0) is 26.7. The van der Waals surface area contributed by atoms with Crippen molar-refractivity contribution in [2.75, 3.05) is 5.73 Å². The van der Waals surface area contributed by atoms with Crippen LogP contribution in [0.15, 0.2) is 61.2 Å². The van der Waals surface area contributed by atoms with Crippen LogP contribution in [0, 0.1) is 0 Å². The van der Waals surface area contributed by atoms with Gasteiger partial charge in [-0.15, -0.1) is 5.10 Å². The number of nitrogens with zero attached hydrogens (tertiary/aromatic N) is 7. The topological polar surface area (TPSA) is 148 Å². The van der Waals surface area contributed by atoms with Crippen LogP contribution in [-0.4, -0.2) is 63.4 Å². The number of ketones is 1. The van der Waals surface area contributed by atoms with Crippen molar-refractivity contribution in [3.63, 3.8) is 0 Å². The van der Waals surface area contributed by atoms with Crippen molar-refractivity contribution in [1.29, 1.82) is 0 Å². The van der Waals surface area contributed by atoms with Gasteiger partial charge >= 0.3 is 0 Å². The fourth-order valence-corrected chi connectivity index (χ4v) is 6.22. The number of aromatic amines is 1. The lowest BCUT2D eigenvalue weighted by Gasteiger charge is -2.25. The molecule has 0 saturated carbocycles. The molecule has 39 heavy (non-hydrogen) atoms. The number of nitrogen functional groups attached to an aromatic ring is 1. The number of anilines is 1. The van der Waals surface area contributed by atoms with E-state index in [1.54, 1.807) is 12.4 Å². The van der Waals surface area contributed by atoms with Gasteiger partial charge in [-0.2, -0.15) is 9.61 Å². The molecule has 2 saturated heterocycles. The van der Waals surface area contributed by atoms with Crippen LogP contribution in [-0.2, 0) is 0 Å². The molecule has 4 aromatic heterocycles. The fraction of sp³-hybridized carbons (Fsp3) is 0.250. The average molecular weight is 520 g/mol. The Kier molecular flexibility index (Phi) is 5.25. The monoisotopic (exact) mass is 519 g/mol. The SMILES string of the molecule is CC(=O)c1c(C2CC3CCC2N3C(=O)c2nc[nH]n2)nc2c(-c3ccc(-c4ccccc4)nc3)cnn2c1N. The highest BCUT2D eigenvalue weighted by Gasteiger charge is 2.51. The maximum atomic E-state index is 13.2. The second kappa shape index (κ2) is 8.83. The van der Waals surface area contributed by atoms with E-state index in [-0.39, 0.29) is 41.3 Å². The Labute approximate surface area is 223 Å². The first kappa shape index (κ1) is 23.2. The van der Waals surface area contributed by atoms with Crippen molar-refractivity contribution in [3.8, 4) is 22.4 Å². The number of Topliss-reactive ketones (excluding diaryl/α,β-unsaturated/α-hetero) is 1. The van der Waals surface area contributed by atoms with E-state index in [0.717, 1.165) is 35.2 Å². The third kappa shape index (κ3) is 3.61. The molecule has 3 atom stereocenters. The van der Waals surface area contributed by atoms with Crippen LogP contribution in [0.1, 0.15) is 58.8 Å². The normalized spacial score (nSPS) is 20.1. The number of nitrogens with one attached hydrogen (secondary N) is 1. The summed E-state index contributed by atoms with van der Waals surface area (Å²) in [5.41, 5.74) is 11.6. The minimum atomic E-state index is -0.209. The summed E-state index contributed by atoms with van der Waals surface area (Å²) < 4.78 is 1.52. The number of benzene rings is 1. The van der Waals surface area contributed by atoms with Gasteiger partial charge in [0, 0.05) is 40.9 Å². The zero-order valence-electron chi connectivity index (χ0n) is 21.2. The van der Waals surface area contributed by atoms with Gasteiger partial charge in [0.2, 0.25) is 5.82 Å². The molecular formula is C28H25N9O2. The van der Waals surface area contributed by atoms with Gasteiger partial charge in [0.25, 0.3) is 5.91 Å². The molecule has 5 aromatic rings. The summed E-state index contributed by atoms with van der Waals surface area (Å²) in [7, 11) is 0. The van der Waals surface area contributed by atoms with Crippen LogP contribution in [0.3, 0.4) is 0 Å². The second-order valence-corrected chi connectivity index (χ2v) is 10.1. The highest BCUT2D eigenvalue weighted by atomic mass is 16.2. The lowest BCUT2D eigenvalue weighted by Crippen LogP contribution is -2.37. The van der Waals surface area contributed by atoms with E-state index in [4.69, 9.17) is 10.7 Å². The summed E-state index contributed by atoms with van der Waals surface area (Å²) in [6.45, 7) is 1.49. The summed E-state index contributed by atoms with van der Waals surface area (Å²) in [6.07, 6.45) is 7.29. The molecular weight excluding hydrogens is 494 g/mol. The predicted octanol–water partition coefficient (Wildman–Crippen LogP) is 3.52. The number of pyridine rings is 1. The van der Waals surface area contributed by atoms with Gasteiger partial charge in [-0.05, 0) is 32.3 Å². The van der Waals surface area contributed by atoms with Crippen LogP contribution in [0.25, 0.3) is 28.0 Å². The molecule has 194 valence electrons. The summed E-state index contributed by atoms with van der Waals surface area (Å²) in [4.78, 5) is 41.7. The van der Waals surface area contributed by atoms with E-state index < -0.39 is 0 Å². The van der Waals surface area contributed by atoms with Gasteiger partial charge in [0.15, 0.2) is 11.4 Å².